The van der Waals surface area contributed by atoms with Crippen LogP contribution < -0.4 is 10.6 Å². The number of fused-ring (bicyclic) bond motifs is 1. The molecule has 1 heterocycles. The van der Waals surface area contributed by atoms with Gasteiger partial charge in [-0.2, -0.15) is 0 Å². The number of imide groups is 1. The molecule has 1 aliphatic rings. The Morgan fingerprint density at radius 1 is 1.16 bits per heavy atom. The van der Waals surface area contributed by atoms with Gasteiger partial charge in [0.25, 0.3) is 11.8 Å². The largest absolute Gasteiger partial charge is 0.383 e. The van der Waals surface area contributed by atoms with Crippen molar-refractivity contribution in [3.05, 3.63) is 29.3 Å². The van der Waals surface area contributed by atoms with E-state index in [1.807, 2.05) is 0 Å². The molecule has 0 unspecified atom stereocenters. The fourth-order valence-corrected chi connectivity index (χ4v) is 1.92. The van der Waals surface area contributed by atoms with Crippen LogP contribution in [0.4, 0.5) is 5.69 Å². The van der Waals surface area contributed by atoms with E-state index < -0.39 is 0 Å². The number of hydrogen-bond acceptors (Lipinski definition) is 4. The van der Waals surface area contributed by atoms with Gasteiger partial charge in [-0.1, -0.05) is 0 Å². The second-order valence-corrected chi connectivity index (χ2v) is 4.34. The topological polar surface area (TPSA) is 78.5 Å². The van der Waals surface area contributed by atoms with Gasteiger partial charge in [-0.25, -0.2) is 0 Å². The third kappa shape index (κ3) is 2.57. The molecule has 19 heavy (non-hydrogen) atoms. The fraction of sp³-hybridized carbons (Fsp3) is 0.308. The number of hydrogen-bond donors (Lipinski definition) is 2. The van der Waals surface area contributed by atoms with Crippen LogP contribution in [0.2, 0.25) is 0 Å². The van der Waals surface area contributed by atoms with E-state index in [-0.39, 0.29) is 17.7 Å². The second-order valence-electron chi connectivity index (χ2n) is 4.34. The van der Waals surface area contributed by atoms with Crippen LogP contribution in [0.3, 0.4) is 0 Å². The first-order valence-electron chi connectivity index (χ1n) is 5.95. The summed E-state index contributed by atoms with van der Waals surface area (Å²) in [6.45, 7) is 2.51. The maximum atomic E-state index is 11.8. The maximum Gasteiger partial charge on any atom is 0.261 e. The fourth-order valence-electron chi connectivity index (χ4n) is 1.92. The molecule has 6 heteroatoms. The van der Waals surface area contributed by atoms with E-state index in [2.05, 4.69) is 10.6 Å². The monoisotopic (exact) mass is 261 g/mol. The third-order valence-electron chi connectivity index (χ3n) is 2.92. The van der Waals surface area contributed by atoms with Gasteiger partial charge in [-0.15, -0.1) is 0 Å². The van der Waals surface area contributed by atoms with Gasteiger partial charge in [-0.3, -0.25) is 19.3 Å². The summed E-state index contributed by atoms with van der Waals surface area (Å²) in [6, 6.07) is 5.05. The van der Waals surface area contributed by atoms with E-state index in [0.717, 1.165) is 10.6 Å². The maximum absolute atomic E-state index is 11.8. The first kappa shape index (κ1) is 13.1. The molecular weight excluding hydrogens is 246 g/mol. The Kier molecular flexibility index (Phi) is 3.50. The lowest BCUT2D eigenvalue weighted by Crippen LogP contribution is -2.26. The molecular formula is C13H15N3O3. The Labute approximate surface area is 110 Å². The molecule has 3 amide bonds. The highest BCUT2D eigenvalue weighted by atomic mass is 16.2. The van der Waals surface area contributed by atoms with Crippen LogP contribution in [0.1, 0.15) is 27.6 Å². The summed E-state index contributed by atoms with van der Waals surface area (Å²) in [7, 11) is 1.47. The zero-order valence-corrected chi connectivity index (χ0v) is 10.8. The molecule has 0 radical (unpaired) electrons. The molecule has 0 saturated carbocycles. The molecule has 0 fully saturated rings. The second kappa shape index (κ2) is 5.09. The van der Waals surface area contributed by atoms with Gasteiger partial charge < -0.3 is 10.6 Å². The van der Waals surface area contributed by atoms with E-state index >= 15 is 0 Å². The number of carbonyl (C=O) groups excluding carboxylic acids is 3. The summed E-state index contributed by atoms with van der Waals surface area (Å²) in [5.41, 5.74) is 1.59. The Balaban J connectivity index is 2.04. The van der Waals surface area contributed by atoms with Crippen LogP contribution in [-0.2, 0) is 4.79 Å². The van der Waals surface area contributed by atoms with Gasteiger partial charge in [0, 0.05) is 32.7 Å². The molecule has 1 aromatic carbocycles. The highest BCUT2D eigenvalue weighted by Gasteiger charge is 2.32. The summed E-state index contributed by atoms with van der Waals surface area (Å²) < 4.78 is 0. The van der Waals surface area contributed by atoms with Crippen molar-refractivity contribution in [2.75, 3.05) is 25.5 Å². The molecule has 0 atom stereocenters. The highest BCUT2D eigenvalue weighted by Crippen LogP contribution is 2.24. The SMILES string of the molecule is CC(=O)NCCNc1ccc2c(c1)C(=O)N(C)C2=O. The average Bonchev–Trinajstić information content (AvgIpc) is 2.60. The Bertz CT molecular complexity index is 554. The number of nitrogens with zero attached hydrogens (tertiary/aromatic N) is 1. The Hall–Kier alpha value is -2.37. The van der Waals surface area contributed by atoms with E-state index in [1.54, 1.807) is 18.2 Å². The lowest BCUT2D eigenvalue weighted by atomic mass is 10.1. The minimum atomic E-state index is -0.287. The molecule has 100 valence electrons. The van der Waals surface area contributed by atoms with Crippen molar-refractivity contribution in [1.29, 1.82) is 0 Å². The van der Waals surface area contributed by atoms with Gasteiger partial charge >= 0.3 is 0 Å². The predicted octanol–water partition coefficient (Wildman–Crippen LogP) is 0.460. The lowest BCUT2D eigenvalue weighted by molar-refractivity contribution is -0.118. The van der Waals surface area contributed by atoms with Crippen molar-refractivity contribution in [2.24, 2.45) is 0 Å². The van der Waals surface area contributed by atoms with Crippen molar-refractivity contribution in [1.82, 2.24) is 10.2 Å². The van der Waals surface area contributed by atoms with Gasteiger partial charge in [-0.05, 0) is 18.2 Å². The molecule has 0 bridgehead atoms. The van der Waals surface area contributed by atoms with Crippen LogP contribution in [0.15, 0.2) is 18.2 Å². The number of carbonyl (C=O) groups is 3. The highest BCUT2D eigenvalue weighted by molar-refractivity contribution is 6.21. The van der Waals surface area contributed by atoms with E-state index in [1.165, 1.54) is 14.0 Å². The molecule has 1 aliphatic heterocycles. The molecule has 2 rings (SSSR count). The predicted molar refractivity (Wildman–Crippen MR) is 70.0 cm³/mol. The van der Waals surface area contributed by atoms with Crippen molar-refractivity contribution in [3.63, 3.8) is 0 Å². The van der Waals surface area contributed by atoms with Crippen LogP contribution in [0.5, 0.6) is 0 Å². The smallest absolute Gasteiger partial charge is 0.261 e. The van der Waals surface area contributed by atoms with Crippen molar-refractivity contribution >= 4 is 23.4 Å². The normalized spacial score (nSPS) is 13.5. The summed E-state index contributed by atoms with van der Waals surface area (Å²) in [5.74, 6) is -0.645. The first-order valence-corrected chi connectivity index (χ1v) is 5.95. The van der Waals surface area contributed by atoms with E-state index in [4.69, 9.17) is 0 Å². The van der Waals surface area contributed by atoms with Crippen molar-refractivity contribution in [2.45, 2.75) is 6.92 Å². The Morgan fingerprint density at radius 2 is 1.84 bits per heavy atom. The number of anilines is 1. The Morgan fingerprint density at radius 3 is 2.53 bits per heavy atom. The van der Waals surface area contributed by atoms with Crippen LogP contribution >= 0.6 is 0 Å². The standard InChI is InChI=1S/C13H15N3O3/c1-8(17)14-5-6-15-9-3-4-10-11(7-9)13(19)16(2)12(10)18/h3-4,7,15H,5-6H2,1-2H3,(H,14,17). The number of nitrogens with one attached hydrogen (secondary N) is 2. The van der Waals surface area contributed by atoms with E-state index in [0.29, 0.717) is 24.2 Å². The van der Waals surface area contributed by atoms with Gasteiger partial charge in [0.15, 0.2) is 0 Å². The summed E-state index contributed by atoms with van der Waals surface area (Å²) in [5, 5.41) is 5.74. The zero-order valence-electron chi connectivity index (χ0n) is 10.8. The first-order chi connectivity index (χ1) is 9.00. The summed E-state index contributed by atoms with van der Waals surface area (Å²) in [6.07, 6.45) is 0. The minimum Gasteiger partial charge on any atom is -0.383 e. The molecule has 0 aliphatic carbocycles. The zero-order chi connectivity index (χ0) is 14.0. The summed E-state index contributed by atoms with van der Waals surface area (Å²) >= 11 is 0. The molecule has 0 spiro atoms. The summed E-state index contributed by atoms with van der Waals surface area (Å²) in [4.78, 5) is 35.3. The lowest BCUT2D eigenvalue weighted by Gasteiger charge is -2.07. The van der Waals surface area contributed by atoms with Crippen molar-refractivity contribution < 1.29 is 14.4 Å². The molecule has 6 nitrogen and oxygen atoms in total. The van der Waals surface area contributed by atoms with E-state index in [9.17, 15) is 14.4 Å². The number of rotatable bonds is 4. The van der Waals surface area contributed by atoms with Crippen LogP contribution in [-0.4, -0.2) is 42.8 Å². The molecule has 0 aromatic heterocycles. The third-order valence-corrected chi connectivity index (χ3v) is 2.92. The van der Waals surface area contributed by atoms with Gasteiger partial charge in [0.1, 0.15) is 0 Å². The van der Waals surface area contributed by atoms with Crippen LogP contribution in [0, 0.1) is 0 Å². The van der Waals surface area contributed by atoms with Crippen molar-refractivity contribution in [3.8, 4) is 0 Å². The average molecular weight is 261 g/mol. The quantitative estimate of drug-likeness (QED) is 0.609. The number of amides is 3. The van der Waals surface area contributed by atoms with Gasteiger partial charge in [0.05, 0.1) is 11.1 Å². The minimum absolute atomic E-state index is 0.0850. The molecule has 2 N–H and O–H groups in total. The number of benzene rings is 1. The van der Waals surface area contributed by atoms with Gasteiger partial charge in [0.2, 0.25) is 5.91 Å². The van der Waals surface area contributed by atoms with Crippen LogP contribution in [0.25, 0.3) is 0 Å². The molecule has 1 aromatic rings. The molecule has 0 saturated heterocycles.